The number of carbonyl (C=O) groups excluding carboxylic acids is 1. The van der Waals surface area contributed by atoms with Crippen LogP contribution in [0.5, 0.6) is 0 Å². The summed E-state index contributed by atoms with van der Waals surface area (Å²) in [5.74, 6) is 0.619. The maximum atomic E-state index is 13.5. The van der Waals surface area contributed by atoms with E-state index in [0.717, 1.165) is 6.42 Å². The van der Waals surface area contributed by atoms with Crippen molar-refractivity contribution in [3.05, 3.63) is 63.3 Å². The molecule has 0 radical (unpaired) electrons. The van der Waals surface area contributed by atoms with E-state index in [1.54, 1.807) is 41.1 Å². The Bertz CT molecular complexity index is 1130. The first-order valence-corrected chi connectivity index (χ1v) is 11.1. The smallest absolute Gasteiger partial charge is 0.343 e. The minimum absolute atomic E-state index is 0.0916. The molecule has 162 valence electrons. The minimum Gasteiger partial charge on any atom is -0.343 e. The van der Waals surface area contributed by atoms with Gasteiger partial charge in [0.25, 0.3) is 0 Å². The summed E-state index contributed by atoms with van der Waals surface area (Å²) >= 11 is 12.4. The molecule has 0 unspecified atom stereocenters. The number of likely N-dealkylation sites (tertiary alicyclic amines) is 1. The summed E-state index contributed by atoms with van der Waals surface area (Å²) in [6.07, 6.45) is 5.90. The summed E-state index contributed by atoms with van der Waals surface area (Å²) < 4.78 is 3.08. The zero-order chi connectivity index (χ0) is 22.0. The Kier molecular flexibility index (Phi) is 6.43. The standard InChI is InChI=1S/C22H23Cl2N5O2/c1-2-3-20(30)27-12-9-17(10-13-27)29-22(31)28(16-6-4-15(23)5-7-16)21(26-29)18-8-11-25-14-19(18)24/h4-8,11,14,17H,2-3,9-10,12-13H2,1H3. The van der Waals surface area contributed by atoms with Crippen LogP contribution in [-0.2, 0) is 4.79 Å². The van der Waals surface area contributed by atoms with Gasteiger partial charge in [-0.3, -0.25) is 9.78 Å². The van der Waals surface area contributed by atoms with Crippen molar-refractivity contribution in [3.63, 3.8) is 0 Å². The van der Waals surface area contributed by atoms with Crippen LogP contribution in [0, 0.1) is 0 Å². The third-order valence-electron chi connectivity index (χ3n) is 5.53. The number of hydrogen-bond donors (Lipinski definition) is 0. The Morgan fingerprint density at radius 1 is 1.13 bits per heavy atom. The number of amides is 1. The third kappa shape index (κ3) is 4.38. The van der Waals surface area contributed by atoms with Crippen molar-refractivity contribution in [2.24, 2.45) is 0 Å². The first kappa shape index (κ1) is 21.6. The highest BCUT2D eigenvalue weighted by atomic mass is 35.5. The molecule has 3 heterocycles. The second-order valence-electron chi connectivity index (χ2n) is 7.58. The number of benzene rings is 1. The number of rotatable bonds is 5. The molecule has 0 aliphatic carbocycles. The number of nitrogens with zero attached hydrogens (tertiary/aromatic N) is 5. The van der Waals surface area contributed by atoms with Gasteiger partial charge in [-0.1, -0.05) is 30.1 Å². The van der Waals surface area contributed by atoms with Crippen LogP contribution in [0.3, 0.4) is 0 Å². The molecule has 7 nitrogen and oxygen atoms in total. The molecule has 0 atom stereocenters. The predicted octanol–water partition coefficient (Wildman–Crippen LogP) is 4.37. The molecule has 1 fully saturated rings. The van der Waals surface area contributed by atoms with Crippen LogP contribution in [0.4, 0.5) is 0 Å². The normalized spacial score (nSPS) is 14.7. The van der Waals surface area contributed by atoms with E-state index in [1.807, 2.05) is 11.8 Å². The lowest BCUT2D eigenvalue weighted by molar-refractivity contribution is -0.132. The summed E-state index contributed by atoms with van der Waals surface area (Å²) in [4.78, 5) is 31.6. The van der Waals surface area contributed by atoms with Crippen molar-refractivity contribution < 1.29 is 4.79 Å². The zero-order valence-corrected chi connectivity index (χ0v) is 18.7. The van der Waals surface area contributed by atoms with Gasteiger partial charge in [-0.2, -0.15) is 0 Å². The van der Waals surface area contributed by atoms with Crippen LogP contribution in [0.2, 0.25) is 10.0 Å². The monoisotopic (exact) mass is 459 g/mol. The van der Waals surface area contributed by atoms with Gasteiger partial charge in [-0.25, -0.2) is 14.0 Å². The molecule has 3 aromatic rings. The van der Waals surface area contributed by atoms with Crippen LogP contribution in [0.15, 0.2) is 47.5 Å². The molecule has 0 N–H and O–H groups in total. The predicted molar refractivity (Wildman–Crippen MR) is 121 cm³/mol. The Morgan fingerprint density at radius 3 is 2.48 bits per heavy atom. The average Bonchev–Trinajstić information content (AvgIpc) is 3.12. The maximum Gasteiger partial charge on any atom is 0.351 e. The maximum absolute atomic E-state index is 13.5. The van der Waals surface area contributed by atoms with E-state index < -0.39 is 0 Å². The van der Waals surface area contributed by atoms with Gasteiger partial charge in [-0.15, -0.1) is 5.10 Å². The van der Waals surface area contributed by atoms with Gasteiger partial charge in [0.05, 0.1) is 16.8 Å². The number of pyridine rings is 1. The van der Waals surface area contributed by atoms with Crippen molar-refractivity contribution >= 4 is 29.1 Å². The lowest BCUT2D eigenvalue weighted by atomic mass is 10.0. The largest absolute Gasteiger partial charge is 0.351 e. The lowest BCUT2D eigenvalue weighted by Gasteiger charge is -2.31. The highest BCUT2D eigenvalue weighted by molar-refractivity contribution is 6.33. The molecule has 31 heavy (non-hydrogen) atoms. The van der Waals surface area contributed by atoms with Crippen molar-refractivity contribution in [2.45, 2.75) is 38.6 Å². The SMILES string of the molecule is CCCC(=O)N1CCC(n2nc(-c3ccncc3Cl)n(-c3ccc(Cl)cc3)c2=O)CC1. The first-order chi connectivity index (χ1) is 15.0. The van der Waals surface area contributed by atoms with Crippen LogP contribution in [0.1, 0.15) is 38.6 Å². The fourth-order valence-electron chi connectivity index (χ4n) is 3.91. The van der Waals surface area contributed by atoms with Gasteiger partial charge in [0, 0.05) is 42.5 Å². The highest BCUT2D eigenvalue weighted by Gasteiger charge is 2.28. The quantitative estimate of drug-likeness (QED) is 0.567. The Hall–Kier alpha value is -2.64. The van der Waals surface area contributed by atoms with Crippen molar-refractivity contribution in [1.29, 1.82) is 0 Å². The Morgan fingerprint density at radius 2 is 1.84 bits per heavy atom. The number of halogens is 2. The molecule has 1 aliphatic heterocycles. The van der Waals surface area contributed by atoms with Gasteiger partial charge in [-0.05, 0) is 49.6 Å². The van der Waals surface area contributed by atoms with E-state index in [4.69, 9.17) is 23.2 Å². The molecule has 9 heteroatoms. The summed E-state index contributed by atoms with van der Waals surface area (Å²) in [5, 5.41) is 5.68. The van der Waals surface area contributed by atoms with Crippen LogP contribution in [0.25, 0.3) is 17.1 Å². The van der Waals surface area contributed by atoms with Crippen molar-refractivity contribution in [2.75, 3.05) is 13.1 Å². The molecule has 0 spiro atoms. The van der Waals surface area contributed by atoms with Crippen LogP contribution in [-0.4, -0.2) is 43.2 Å². The van der Waals surface area contributed by atoms with Crippen molar-refractivity contribution in [3.8, 4) is 17.1 Å². The number of carbonyl (C=O) groups is 1. The van der Waals surface area contributed by atoms with E-state index in [2.05, 4.69) is 10.1 Å². The molecule has 4 rings (SSSR count). The second kappa shape index (κ2) is 9.24. The molecule has 1 aromatic carbocycles. The zero-order valence-electron chi connectivity index (χ0n) is 17.2. The Labute approximate surface area is 190 Å². The number of hydrogen-bond acceptors (Lipinski definition) is 4. The fourth-order valence-corrected chi connectivity index (χ4v) is 4.24. The van der Waals surface area contributed by atoms with Crippen LogP contribution < -0.4 is 5.69 Å². The van der Waals surface area contributed by atoms with Crippen LogP contribution >= 0.6 is 23.2 Å². The van der Waals surface area contributed by atoms with E-state index in [-0.39, 0.29) is 17.6 Å². The topological polar surface area (TPSA) is 73.0 Å². The fraction of sp³-hybridized carbons (Fsp3) is 0.364. The summed E-state index contributed by atoms with van der Waals surface area (Å²) in [6, 6.07) is 8.67. The van der Waals surface area contributed by atoms with Gasteiger partial charge < -0.3 is 4.90 Å². The summed E-state index contributed by atoms with van der Waals surface area (Å²) in [5.41, 5.74) is 1.03. The molecule has 2 aromatic heterocycles. The van der Waals surface area contributed by atoms with Gasteiger partial charge in [0.15, 0.2) is 5.82 Å². The van der Waals surface area contributed by atoms with E-state index >= 15 is 0 Å². The molecule has 1 aliphatic rings. The van der Waals surface area contributed by atoms with Gasteiger partial charge in [0.1, 0.15) is 0 Å². The second-order valence-corrected chi connectivity index (χ2v) is 8.42. The van der Waals surface area contributed by atoms with E-state index in [0.29, 0.717) is 59.5 Å². The lowest BCUT2D eigenvalue weighted by Crippen LogP contribution is -2.41. The summed E-state index contributed by atoms with van der Waals surface area (Å²) in [6.45, 7) is 3.24. The van der Waals surface area contributed by atoms with Gasteiger partial charge >= 0.3 is 5.69 Å². The van der Waals surface area contributed by atoms with Crippen molar-refractivity contribution in [1.82, 2.24) is 24.2 Å². The first-order valence-electron chi connectivity index (χ1n) is 10.3. The highest BCUT2D eigenvalue weighted by Crippen LogP contribution is 2.29. The minimum atomic E-state index is -0.247. The average molecular weight is 460 g/mol. The Balaban J connectivity index is 1.73. The molecule has 1 saturated heterocycles. The molecule has 0 bridgehead atoms. The molecular formula is C22H23Cl2N5O2. The number of piperidine rings is 1. The summed E-state index contributed by atoms with van der Waals surface area (Å²) in [7, 11) is 0. The third-order valence-corrected chi connectivity index (χ3v) is 6.08. The molecule has 0 saturated carbocycles. The van der Waals surface area contributed by atoms with Gasteiger partial charge in [0.2, 0.25) is 5.91 Å². The van der Waals surface area contributed by atoms with E-state index in [9.17, 15) is 9.59 Å². The molecular weight excluding hydrogens is 437 g/mol. The molecule has 1 amide bonds. The van der Waals surface area contributed by atoms with E-state index in [1.165, 1.54) is 10.9 Å². The number of aromatic nitrogens is 4.